The summed E-state index contributed by atoms with van der Waals surface area (Å²) in [6, 6.07) is 16.6. The molecule has 2 aliphatic rings. The molecule has 2 heterocycles. The van der Waals surface area contributed by atoms with Crippen LogP contribution in [-0.4, -0.2) is 99.3 Å². The highest BCUT2D eigenvalue weighted by Gasteiger charge is 2.39. The van der Waals surface area contributed by atoms with Gasteiger partial charge in [0.15, 0.2) is 6.29 Å². The van der Waals surface area contributed by atoms with Crippen molar-refractivity contribution in [2.75, 3.05) is 72.2 Å². The molecule has 0 bridgehead atoms. The summed E-state index contributed by atoms with van der Waals surface area (Å²) in [5, 5.41) is 11.0. The second kappa shape index (κ2) is 15.9. The molecule has 2 aromatic carbocycles. The van der Waals surface area contributed by atoms with Gasteiger partial charge in [-0.15, -0.1) is 0 Å². The number of benzene rings is 2. The molecule has 2 fully saturated rings. The number of methoxy groups -OCH3 is 2. The van der Waals surface area contributed by atoms with Crippen LogP contribution in [0.3, 0.4) is 0 Å². The van der Waals surface area contributed by atoms with Gasteiger partial charge in [0.05, 0.1) is 26.2 Å². The molecule has 0 unspecified atom stereocenters. The van der Waals surface area contributed by atoms with E-state index in [0.29, 0.717) is 37.8 Å². The summed E-state index contributed by atoms with van der Waals surface area (Å²) in [5.74, 6) is 3.30. The zero-order chi connectivity index (χ0) is 29.1. The summed E-state index contributed by atoms with van der Waals surface area (Å²) in [7, 11) is 5.38. The number of hydrogen-bond donors (Lipinski definition) is 1. The van der Waals surface area contributed by atoms with Crippen molar-refractivity contribution in [1.29, 1.82) is 0 Å². The number of amides is 1. The highest BCUT2D eigenvalue weighted by atomic mass is 32.2. The fourth-order valence-electron chi connectivity index (χ4n) is 6.15. The molecule has 4 rings (SSSR count). The lowest BCUT2D eigenvalue weighted by Crippen LogP contribution is -2.42. The van der Waals surface area contributed by atoms with E-state index < -0.39 is 6.29 Å². The van der Waals surface area contributed by atoms with E-state index in [9.17, 15) is 9.90 Å². The highest BCUT2D eigenvalue weighted by Crippen LogP contribution is 2.45. The number of ether oxygens (including phenoxy) is 3. The fourth-order valence-corrected chi connectivity index (χ4v) is 7.35. The number of phenolic OH excluding ortho intramolecular Hbond substituents is 1. The molecule has 2 saturated heterocycles. The SMILES string of the molecule is COC(CN(CC1CCSCC1)C(=O)CCOCCc1ccc(O)c(C2(c3ccccc3)CCN(C)CC2)c1)OC. The number of hydrogen-bond acceptors (Lipinski definition) is 7. The maximum Gasteiger partial charge on any atom is 0.225 e. The molecule has 0 atom stereocenters. The van der Waals surface area contributed by atoms with Gasteiger partial charge in [-0.25, -0.2) is 0 Å². The topological polar surface area (TPSA) is 71.5 Å². The smallest absolute Gasteiger partial charge is 0.225 e. The first kappa shape index (κ1) is 31.8. The van der Waals surface area contributed by atoms with Gasteiger partial charge in [-0.3, -0.25) is 4.79 Å². The van der Waals surface area contributed by atoms with Crippen molar-refractivity contribution in [2.24, 2.45) is 5.92 Å². The van der Waals surface area contributed by atoms with Gasteiger partial charge in [0, 0.05) is 31.7 Å². The highest BCUT2D eigenvalue weighted by molar-refractivity contribution is 7.99. The summed E-state index contributed by atoms with van der Waals surface area (Å²) >= 11 is 1.99. The molecule has 2 aliphatic heterocycles. The number of nitrogens with zero attached hydrogens (tertiary/aromatic N) is 2. The maximum atomic E-state index is 13.2. The van der Waals surface area contributed by atoms with Crippen LogP contribution in [-0.2, 0) is 30.8 Å². The third-order valence-corrected chi connectivity index (χ3v) is 9.86. The number of phenols is 1. The molecule has 1 N–H and O–H groups in total. The van der Waals surface area contributed by atoms with Crippen molar-refractivity contribution < 1.29 is 24.1 Å². The lowest BCUT2D eigenvalue weighted by Gasteiger charge is -2.42. The predicted octanol–water partition coefficient (Wildman–Crippen LogP) is 4.94. The number of thioether (sulfide) groups is 1. The van der Waals surface area contributed by atoms with Gasteiger partial charge < -0.3 is 29.1 Å². The molecular formula is C33H48N2O5S. The Morgan fingerprint density at radius 1 is 1.07 bits per heavy atom. The van der Waals surface area contributed by atoms with Crippen molar-refractivity contribution in [2.45, 2.75) is 50.2 Å². The largest absolute Gasteiger partial charge is 0.508 e. The molecular weight excluding hydrogens is 536 g/mol. The second-order valence-electron chi connectivity index (χ2n) is 11.5. The average molecular weight is 585 g/mol. The van der Waals surface area contributed by atoms with E-state index in [1.807, 2.05) is 34.9 Å². The molecule has 0 radical (unpaired) electrons. The Morgan fingerprint density at radius 2 is 1.78 bits per heavy atom. The molecule has 1 amide bonds. The summed E-state index contributed by atoms with van der Waals surface area (Å²) in [5.41, 5.74) is 3.20. The molecule has 0 saturated carbocycles. The number of piperidine rings is 1. The molecule has 0 spiro atoms. The molecule has 2 aromatic rings. The minimum absolute atomic E-state index is 0.0846. The third kappa shape index (κ3) is 8.71. The van der Waals surface area contributed by atoms with Gasteiger partial charge >= 0.3 is 0 Å². The minimum atomic E-state index is -0.426. The molecule has 0 aromatic heterocycles. The van der Waals surface area contributed by atoms with Crippen LogP contribution in [0, 0.1) is 5.92 Å². The Bertz CT molecular complexity index is 1070. The quantitative estimate of drug-likeness (QED) is 0.249. The van der Waals surface area contributed by atoms with Crippen molar-refractivity contribution in [1.82, 2.24) is 9.80 Å². The van der Waals surface area contributed by atoms with E-state index in [-0.39, 0.29) is 11.3 Å². The summed E-state index contributed by atoms with van der Waals surface area (Å²) in [4.78, 5) is 17.4. The number of carbonyl (C=O) groups is 1. The summed E-state index contributed by atoms with van der Waals surface area (Å²) < 4.78 is 16.7. The summed E-state index contributed by atoms with van der Waals surface area (Å²) in [6.45, 7) is 4.06. The molecule has 226 valence electrons. The normalized spacial score (nSPS) is 18.0. The number of likely N-dealkylation sites (tertiary alicyclic amines) is 1. The fraction of sp³-hybridized carbons (Fsp3) is 0.606. The van der Waals surface area contributed by atoms with Crippen LogP contribution >= 0.6 is 11.8 Å². The Morgan fingerprint density at radius 3 is 2.46 bits per heavy atom. The van der Waals surface area contributed by atoms with E-state index in [2.05, 4.69) is 42.3 Å². The molecule has 8 heteroatoms. The summed E-state index contributed by atoms with van der Waals surface area (Å²) in [6.07, 6.45) is 4.86. The second-order valence-corrected chi connectivity index (χ2v) is 12.7. The Labute approximate surface area is 250 Å². The van der Waals surface area contributed by atoms with Crippen LogP contribution in [0.5, 0.6) is 5.75 Å². The number of rotatable bonds is 14. The van der Waals surface area contributed by atoms with Gasteiger partial charge in [0.1, 0.15) is 5.75 Å². The van der Waals surface area contributed by atoms with Crippen LogP contribution in [0.2, 0.25) is 0 Å². The van der Waals surface area contributed by atoms with Crippen LogP contribution in [0.15, 0.2) is 48.5 Å². The van der Waals surface area contributed by atoms with E-state index in [1.165, 1.54) is 5.56 Å². The van der Waals surface area contributed by atoms with Gasteiger partial charge in [0.2, 0.25) is 5.91 Å². The molecule has 0 aliphatic carbocycles. The van der Waals surface area contributed by atoms with Gasteiger partial charge in [-0.2, -0.15) is 11.8 Å². The van der Waals surface area contributed by atoms with Gasteiger partial charge in [-0.1, -0.05) is 42.5 Å². The van der Waals surface area contributed by atoms with Crippen molar-refractivity contribution in [3.8, 4) is 5.75 Å². The van der Waals surface area contributed by atoms with Gasteiger partial charge in [-0.05, 0) is 86.9 Å². The Balaban J connectivity index is 1.34. The van der Waals surface area contributed by atoms with E-state index in [1.54, 1.807) is 14.2 Å². The van der Waals surface area contributed by atoms with Crippen LogP contribution in [0.1, 0.15) is 48.8 Å². The van der Waals surface area contributed by atoms with E-state index >= 15 is 0 Å². The lowest BCUT2D eigenvalue weighted by atomic mass is 9.67. The first-order valence-electron chi connectivity index (χ1n) is 15.0. The zero-order valence-electron chi connectivity index (χ0n) is 25.1. The predicted molar refractivity (Wildman–Crippen MR) is 166 cm³/mol. The molecule has 41 heavy (non-hydrogen) atoms. The monoisotopic (exact) mass is 584 g/mol. The van der Waals surface area contributed by atoms with Crippen molar-refractivity contribution >= 4 is 17.7 Å². The number of aromatic hydroxyl groups is 1. The van der Waals surface area contributed by atoms with Crippen LogP contribution < -0.4 is 0 Å². The number of carbonyl (C=O) groups excluding carboxylic acids is 1. The van der Waals surface area contributed by atoms with Crippen LogP contribution in [0.4, 0.5) is 0 Å². The Hall–Kier alpha value is -2.10. The zero-order valence-corrected chi connectivity index (χ0v) is 25.9. The first-order chi connectivity index (χ1) is 19.9. The average Bonchev–Trinajstić information content (AvgIpc) is 3.01. The van der Waals surface area contributed by atoms with E-state index in [4.69, 9.17) is 14.2 Å². The first-order valence-corrected chi connectivity index (χ1v) is 16.2. The third-order valence-electron chi connectivity index (χ3n) is 8.81. The standard InChI is InChI=1S/C33H48N2O5S/c1-34-17-15-33(16-18-34,28-7-5-4-6-8-28)29-23-26(9-10-30(29)36)11-19-40-20-12-31(37)35(25-32(38-2)39-3)24-27-13-21-41-22-14-27/h4-10,23,27,32,36H,11-22,24-25H2,1-3H3. The van der Waals surface area contributed by atoms with Crippen molar-refractivity contribution in [3.63, 3.8) is 0 Å². The Kier molecular flexibility index (Phi) is 12.4. The minimum Gasteiger partial charge on any atom is -0.508 e. The van der Waals surface area contributed by atoms with E-state index in [0.717, 1.165) is 74.4 Å². The molecule has 7 nitrogen and oxygen atoms in total. The van der Waals surface area contributed by atoms with Crippen molar-refractivity contribution in [3.05, 3.63) is 65.2 Å². The lowest BCUT2D eigenvalue weighted by molar-refractivity contribution is -0.147. The van der Waals surface area contributed by atoms with Crippen LogP contribution in [0.25, 0.3) is 0 Å². The van der Waals surface area contributed by atoms with Gasteiger partial charge in [0.25, 0.3) is 0 Å². The maximum absolute atomic E-state index is 13.2.